The van der Waals surface area contributed by atoms with Crippen molar-refractivity contribution in [2.75, 3.05) is 54.1 Å². The number of nitrogens with zero attached hydrogens (tertiary/aromatic N) is 1. The van der Waals surface area contributed by atoms with E-state index in [1.807, 2.05) is 21.1 Å². The number of allylic oxidation sites excluding steroid dienone is 4. The Morgan fingerprint density at radius 2 is 1.08 bits per heavy atom. The Balaban J connectivity index is 4.21. The lowest BCUT2D eigenvalue weighted by Crippen LogP contribution is -2.37. The molecule has 0 aromatic carbocycles. The number of rotatable bonds is 39. The molecule has 0 amide bonds. The van der Waals surface area contributed by atoms with Crippen LogP contribution in [0.15, 0.2) is 24.3 Å². The van der Waals surface area contributed by atoms with E-state index in [9.17, 15) is 14.3 Å². The molecule has 0 rings (SSSR count). The van der Waals surface area contributed by atoms with E-state index in [1.165, 1.54) is 122 Å². The zero-order chi connectivity index (χ0) is 37.7. The normalized spacial score (nSPS) is 14.1. The maximum atomic E-state index is 12.6. The highest BCUT2D eigenvalue weighted by molar-refractivity contribution is 7.47. The van der Waals surface area contributed by atoms with Crippen molar-refractivity contribution in [1.82, 2.24) is 0 Å². The van der Waals surface area contributed by atoms with Gasteiger partial charge >= 0.3 is 13.8 Å². The number of phosphoric acid groups is 1. The third kappa shape index (κ3) is 40.0. The first-order valence-corrected chi connectivity index (χ1v) is 22.6. The highest BCUT2D eigenvalue weighted by atomic mass is 31.2. The Bertz CT molecular complexity index is 874. The van der Waals surface area contributed by atoms with Crippen LogP contribution in [0.2, 0.25) is 0 Å². The zero-order valence-electron chi connectivity index (χ0n) is 34.1. The fourth-order valence-corrected chi connectivity index (χ4v) is 6.44. The van der Waals surface area contributed by atoms with Gasteiger partial charge in [0, 0.05) is 13.0 Å². The molecule has 0 saturated heterocycles. The highest BCUT2D eigenvalue weighted by Gasteiger charge is 2.26. The van der Waals surface area contributed by atoms with Gasteiger partial charge in [-0.25, -0.2) is 4.57 Å². The topological polar surface area (TPSA) is 91.3 Å². The molecule has 0 aliphatic carbocycles. The minimum absolute atomic E-state index is 0.0891. The first-order valence-electron chi connectivity index (χ1n) is 21.1. The third-order valence-corrected chi connectivity index (χ3v) is 10.00. The molecule has 51 heavy (non-hydrogen) atoms. The number of quaternary nitrogens is 1. The number of hydrogen-bond acceptors (Lipinski definition) is 6. The van der Waals surface area contributed by atoms with Gasteiger partial charge in [0.15, 0.2) is 0 Å². The van der Waals surface area contributed by atoms with Crippen molar-refractivity contribution < 1.29 is 37.3 Å². The number of hydrogen-bond donors (Lipinski definition) is 1. The van der Waals surface area contributed by atoms with Gasteiger partial charge < -0.3 is 18.9 Å². The monoisotopic (exact) mass is 745 g/mol. The number of carbonyl (C=O) groups is 1. The summed E-state index contributed by atoms with van der Waals surface area (Å²) in [5.41, 5.74) is 0. The number of carbonyl (C=O) groups excluding carboxylic acids is 1. The maximum Gasteiger partial charge on any atom is 0.472 e. The van der Waals surface area contributed by atoms with Crippen LogP contribution in [0.3, 0.4) is 0 Å². The summed E-state index contributed by atoms with van der Waals surface area (Å²) < 4.78 is 34.9. The Hall–Kier alpha value is -1.02. The van der Waals surface area contributed by atoms with Gasteiger partial charge in [0.2, 0.25) is 0 Å². The Morgan fingerprint density at radius 1 is 0.608 bits per heavy atom. The second-order valence-electron chi connectivity index (χ2n) is 15.4. The molecule has 0 aromatic heterocycles. The largest absolute Gasteiger partial charge is 0.472 e. The summed E-state index contributed by atoms with van der Waals surface area (Å²) in [6.45, 7) is 5.59. The molecular formula is C42H83NO7P+. The molecule has 0 aromatic rings. The lowest BCUT2D eigenvalue weighted by molar-refractivity contribution is -0.870. The molecule has 0 radical (unpaired) electrons. The molecule has 0 saturated carbocycles. The lowest BCUT2D eigenvalue weighted by atomic mass is 10.1. The molecule has 2 atom stereocenters. The molecule has 0 fully saturated rings. The van der Waals surface area contributed by atoms with Crippen LogP contribution < -0.4 is 0 Å². The Labute approximate surface area is 315 Å². The summed E-state index contributed by atoms with van der Waals surface area (Å²) in [7, 11) is 1.67. The van der Waals surface area contributed by atoms with Crippen molar-refractivity contribution in [3.8, 4) is 0 Å². The van der Waals surface area contributed by atoms with Gasteiger partial charge in [0.05, 0.1) is 34.4 Å². The van der Waals surface area contributed by atoms with Gasteiger partial charge in [-0.3, -0.25) is 13.8 Å². The summed E-state index contributed by atoms with van der Waals surface area (Å²) in [4.78, 5) is 22.8. The van der Waals surface area contributed by atoms with Crippen LogP contribution in [-0.4, -0.2) is 75.6 Å². The number of likely N-dealkylation sites (N-methyl/N-ethyl adjacent to an activating group) is 1. The molecule has 0 aliphatic rings. The summed E-state index contributed by atoms with van der Waals surface area (Å²) in [5, 5.41) is 0. The fourth-order valence-electron chi connectivity index (χ4n) is 5.70. The molecule has 302 valence electrons. The van der Waals surface area contributed by atoms with E-state index >= 15 is 0 Å². The quantitative estimate of drug-likeness (QED) is 0.0220. The molecule has 8 nitrogen and oxygen atoms in total. The van der Waals surface area contributed by atoms with Crippen molar-refractivity contribution in [3.05, 3.63) is 24.3 Å². The van der Waals surface area contributed by atoms with E-state index in [-0.39, 0.29) is 25.8 Å². The Kier molecular flexibility index (Phi) is 35.3. The second-order valence-corrected chi connectivity index (χ2v) is 16.8. The first kappa shape index (κ1) is 50.0. The van der Waals surface area contributed by atoms with Crippen LogP contribution in [0.1, 0.15) is 181 Å². The fraction of sp³-hybridized carbons (Fsp3) is 0.881. The third-order valence-electron chi connectivity index (χ3n) is 9.02. The van der Waals surface area contributed by atoms with Crippen LogP contribution >= 0.6 is 7.82 Å². The highest BCUT2D eigenvalue weighted by Crippen LogP contribution is 2.43. The van der Waals surface area contributed by atoms with Crippen LogP contribution in [0, 0.1) is 0 Å². The second kappa shape index (κ2) is 36.0. The van der Waals surface area contributed by atoms with Crippen molar-refractivity contribution >= 4 is 13.8 Å². The van der Waals surface area contributed by atoms with Gasteiger partial charge in [0.1, 0.15) is 19.3 Å². The standard InChI is InChI=1S/C42H82NO7P/c1-6-8-10-12-14-16-18-19-20-21-22-23-24-26-28-30-32-34-37-47-39-41(40-49-51(45,46)48-38-36-43(3,4)5)50-42(44)35-33-31-29-27-25-17-15-13-11-9-7-2/h14,16,19-20,41H,6-13,15,17-18,21-40H2,1-5H3/p+1/b16-14-,20-19-. The van der Waals surface area contributed by atoms with Gasteiger partial charge in [-0.05, 0) is 44.9 Å². The SMILES string of the molecule is CCCCC/C=C\C/C=C\CCCCCCCCCCOCC(COP(=O)(O)OCC[N+](C)(C)C)OC(=O)CCCCCCCCCCCCC. The molecule has 1 N–H and O–H groups in total. The van der Waals surface area contributed by atoms with Gasteiger partial charge in [-0.2, -0.15) is 0 Å². The summed E-state index contributed by atoms with van der Waals surface area (Å²) in [6.07, 6.45) is 39.2. The number of unbranched alkanes of at least 4 members (excludes halogenated alkanes) is 21. The molecule has 0 bridgehead atoms. The van der Waals surface area contributed by atoms with E-state index in [0.29, 0.717) is 24.1 Å². The summed E-state index contributed by atoms with van der Waals surface area (Å²) in [5.74, 6) is -0.316. The van der Waals surface area contributed by atoms with E-state index in [4.69, 9.17) is 18.5 Å². The van der Waals surface area contributed by atoms with E-state index < -0.39 is 13.9 Å². The zero-order valence-corrected chi connectivity index (χ0v) is 35.0. The smallest absolute Gasteiger partial charge is 0.457 e. The van der Waals surface area contributed by atoms with Crippen LogP contribution in [0.4, 0.5) is 0 Å². The van der Waals surface area contributed by atoms with E-state index in [2.05, 4.69) is 38.2 Å². The molecule has 0 aliphatic heterocycles. The van der Waals surface area contributed by atoms with Gasteiger partial charge in [-0.15, -0.1) is 0 Å². The number of ether oxygens (including phenoxy) is 2. The van der Waals surface area contributed by atoms with Crippen molar-refractivity contribution in [1.29, 1.82) is 0 Å². The number of esters is 1. The molecule has 9 heteroatoms. The van der Waals surface area contributed by atoms with Gasteiger partial charge in [-0.1, -0.05) is 154 Å². The average Bonchev–Trinajstić information content (AvgIpc) is 3.08. The van der Waals surface area contributed by atoms with Crippen LogP contribution in [0.5, 0.6) is 0 Å². The molecule has 0 spiro atoms. The van der Waals surface area contributed by atoms with Crippen LogP contribution in [-0.2, 0) is 27.9 Å². The van der Waals surface area contributed by atoms with E-state index in [1.54, 1.807) is 0 Å². The average molecular weight is 745 g/mol. The van der Waals surface area contributed by atoms with Crippen molar-refractivity contribution in [2.45, 2.75) is 187 Å². The predicted octanol–water partition coefficient (Wildman–Crippen LogP) is 12.0. The maximum absolute atomic E-state index is 12.6. The predicted molar refractivity (Wildman–Crippen MR) is 215 cm³/mol. The minimum atomic E-state index is -4.27. The van der Waals surface area contributed by atoms with Crippen molar-refractivity contribution in [3.63, 3.8) is 0 Å². The summed E-state index contributed by atoms with van der Waals surface area (Å²) in [6, 6.07) is 0. The minimum Gasteiger partial charge on any atom is -0.457 e. The molecular weight excluding hydrogens is 661 g/mol. The summed E-state index contributed by atoms with van der Waals surface area (Å²) >= 11 is 0. The number of phosphoric ester groups is 1. The van der Waals surface area contributed by atoms with Gasteiger partial charge in [0.25, 0.3) is 0 Å². The van der Waals surface area contributed by atoms with E-state index in [0.717, 1.165) is 38.5 Å². The van der Waals surface area contributed by atoms with Crippen LogP contribution in [0.25, 0.3) is 0 Å². The Morgan fingerprint density at radius 3 is 1.63 bits per heavy atom. The van der Waals surface area contributed by atoms with Crippen molar-refractivity contribution in [2.24, 2.45) is 0 Å². The lowest BCUT2D eigenvalue weighted by Gasteiger charge is -2.24. The molecule has 2 unspecified atom stereocenters. The molecule has 0 heterocycles. The first-order chi connectivity index (χ1) is 24.6.